The summed E-state index contributed by atoms with van der Waals surface area (Å²) in [7, 11) is -3.43. The molecule has 118 valence electrons. The maximum absolute atomic E-state index is 12.6. The summed E-state index contributed by atoms with van der Waals surface area (Å²) in [5.41, 5.74) is 5.61. The second-order valence-corrected chi connectivity index (χ2v) is 9.61. The van der Waals surface area contributed by atoms with Crippen LogP contribution in [0.15, 0.2) is 11.0 Å². The van der Waals surface area contributed by atoms with Gasteiger partial charge in [-0.3, -0.25) is 0 Å². The van der Waals surface area contributed by atoms with Gasteiger partial charge >= 0.3 is 0 Å². The van der Waals surface area contributed by atoms with Crippen LogP contribution in [0.1, 0.15) is 42.4 Å². The highest BCUT2D eigenvalue weighted by molar-refractivity contribution is 7.89. The van der Waals surface area contributed by atoms with Gasteiger partial charge < -0.3 is 5.73 Å². The number of nitrogens with one attached hydrogen (secondary N) is 1. The summed E-state index contributed by atoms with van der Waals surface area (Å²) in [5, 5.41) is 0. The third-order valence-electron chi connectivity index (χ3n) is 5.19. The molecule has 3 N–H and O–H groups in total. The van der Waals surface area contributed by atoms with Gasteiger partial charge in [0.1, 0.15) is 0 Å². The van der Waals surface area contributed by atoms with E-state index in [0.29, 0.717) is 17.4 Å². The van der Waals surface area contributed by atoms with Gasteiger partial charge in [0.25, 0.3) is 0 Å². The molecule has 3 rings (SSSR count). The van der Waals surface area contributed by atoms with Crippen molar-refractivity contribution in [2.45, 2.75) is 57.0 Å². The summed E-state index contributed by atoms with van der Waals surface area (Å²) in [6, 6.07) is 1.74. The first-order chi connectivity index (χ1) is 9.90. The Kier molecular flexibility index (Phi) is 4.16. The van der Waals surface area contributed by atoms with Gasteiger partial charge in [0.05, 0.1) is 4.90 Å². The second kappa shape index (κ2) is 5.65. The topological polar surface area (TPSA) is 72.2 Å². The van der Waals surface area contributed by atoms with Crippen molar-refractivity contribution < 1.29 is 8.42 Å². The third kappa shape index (κ3) is 2.91. The standard InChI is InChI=1S/C15H24N2O2S2/c1-9(14-6-11-3-4-12(14)5-11)17-21(18,19)15-7-13(8-16)20-10(15)2/h7,9,11-12,14,17H,3-6,8,16H2,1-2H3. The molecule has 0 radical (unpaired) electrons. The van der Waals surface area contributed by atoms with Crippen molar-refractivity contribution in [3.63, 3.8) is 0 Å². The number of nitrogens with two attached hydrogens (primary N) is 1. The molecule has 1 heterocycles. The first-order valence-corrected chi connectivity index (χ1v) is 10.0. The lowest BCUT2D eigenvalue weighted by Crippen LogP contribution is -2.40. The average Bonchev–Trinajstić information content (AvgIpc) is 3.12. The van der Waals surface area contributed by atoms with E-state index in [1.165, 1.54) is 37.0 Å². The van der Waals surface area contributed by atoms with Crippen LogP contribution >= 0.6 is 11.3 Å². The van der Waals surface area contributed by atoms with Gasteiger partial charge in [0, 0.05) is 22.3 Å². The summed E-state index contributed by atoms with van der Waals surface area (Å²) < 4.78 is 28.1. The van der Waals surface area contributed by atoms with E-state index in [9.17, 15) is 8.42 Å². The second-order valence-electron chi connectivity index (χ2n) is 6.59. The SMILES string of the molecule is Cc1sc(CN)cc1S(=O)(=O)NC(C)C1CC2CCC1C2. The van der Waals surface area contributed by atoms with Gasteiger partial charge in [-0.25, -0.2) is 13.1 Å². The lowest BCUT2D eigenvalue weighted by Gasteiger charge is -2.28. The molecular formula is C15H24N2O2S2. The van der Waals surface area contributed by atoms with Crippen molar-refractivity contribution in [1.29, 1.82) is 0 Å². The minimum atomic E-state index is -3.43. The third-order valence-corrected chi connectivity index (χ3v) is 8.08. The Morgan fingerprint density at radius 1 is 1.43 bits per heavy atom. The molecule has 2 aliphatic carbocycles. The molecular weight excluding hydrogens is 304 g/mol. The monoisotopic (exact) mass is 328 g/mol. The van der Waals surface area contributed by atoms with Crippen molar-refractivity contribution >= 4 is 21.4 Å². The maximum Gasteiger partial charge on any atom is 0.241 e. The van der Waals surface area contributed by atoms with Crippen molar-refractivity contribution in [3.05, 3.63) is 15.8 Å². The fourth-order valence-electron chi connectivity index (χ4n) is 4.19. The Bertz CT molecular complexity index is 624. The van der Waals surface area contributed by atoms with E-state index in [-0.39, 0.29) is 6.04 Å². The minimum Gasteiger partial charge on any atom is -0.326 e. The van der Waals surface area contributed by atoms with Crippen LogP contribution in [0, 0.1) is 24.7 Å². The Balaban J connectivity index is 1.75. The molecule has 2 aliphatic rings. The van der Waals surface area contributed by atoms with Crippen LogP contribution in [0.2, 0.25) is 0 Å². The highest BCUT2D eigenvalue weighted by Crippen LogP contribution is 2.49. The van der Waals surface area contributed by atoms with Crippen LogP contribution in [0.4, 0.5) is 0 Å². The molecule has 0 amide bonds. The molecule has 2 bridgehead atoms. The van der Waals surface area contributed by atoms with Gasteiger partial charge in [-0.15, -0.1) is 11.3 Å². The van der Waals surface area contributed by atoms with E-state index in [0.717, 1.165) is 21.6 Å². The highest BCUT2D eigenvalue weighted by Gasteiger charge is 2.42. The number of hydrogen-bond donors (Lipinski definition) is 2. The van der Waals surface area contributed by atoms with Gasteiger partial charge in [0.15, 0.2) is 0 Å². The molecule has 21 heavy (non-hydrogen) atoms. The highest BCUT2D eigenvalue weighted by atomic mass is 32.2. The predicted molar refractivity (Wildman–Crippen MR) is 85.7 cm³/mol. The molecule has 2 fully saturated rings. The number of fused-ring (bicyclic) bond motifs is 2. The number of rotatable bonds is 5. The van der Waals surface area contributed by atoms with Crippen LogP contribution in [0.5, 0.6) is 0 Å². The van der Waals surface area contributed by atoms with Crippen molar-refractivity contribution in [1.82, 2.24) is 4.72 Å². The summed E-state index contributed by atoms with van der Waals surface area (Å²) in [6.45, 7) is 4.26. The fourth-order valence-corrected chi connectivity index (χ4v) is 7.00. The zero-order valence-corrected chi connectivity index (χ0v) is 14.3. The molecule has 4 unspecified atom stereocenters. The number of sulfonamides is 1. The van der Waals surface area contributed by atoms with E-state index in [2.05, 4.69) is 4.72 Å². The van der Waals surface area contributed by atoms with E-state index in [1.807, 2.05) is 13.8 Å². The molecule has 0 spiro atoms. The molecule has 0 aromatic carbocycles. The normalized spacial score (nSPS) is 30.0. The van der Waals surface area contributed by atoms with Crippen LogP contribution in [-0.4, -0.2) is 14.5 Å². The minimum absolute atomic E-state index is 0.0194. The zero-order chi connectivity index (χ0) is 15.2. The van der Waals surface area contributed by atoms with Crippen LogP contribution in [-0.2, 0) is 16.6 Å². The van der Waals surface area contributed by atoms with E-state index in [4.69, 9.17) is 5.73 Å². The van der Waals surface area contributed by atoms with Crippen LogP contribution < -0.4 is 10.5 Å². The first-order valence-electron chi connectivity index (χ1n) is 7.72. The van der Waals surface area contributed by atoms with Crippen molar-refractivity contribution in [2.24, 2.45) is 23.5 Å². The Morgan fingerprint density at radius 3 is 2.71 bits per heavy atom. The van der Waals surface area contributed by atoms with Gasteiger partial charge in [-0.1, -0.05) is 6.42 Å². The summed E-state index contributed by atoms with van der Waals surface area (Å²) in [5.74, 6) is 2.06. The summed E-state index contributed by atoms with van der Waals surface area (Å²) in [4.78, 5) is 2.14. The fraction of sp³-hybridized carbons (Fsp3) is 0.733. The van der Waals surface area contributed by atoms with E-state index in [1.54, 1.807) is 6.07 Å². The van der Waals surface area contributed by atoms with Gasteiger partial charge in [0.2, 0.25) is 10.0 Å². The van der Waals surface area contributed by atoms with Gasteiger partial charge in [-0.05, 0) is 56.9 Å². The molecule has 1 aromatic rings. The van der Waals surface area contributed by atoms with E-state index >= 15 is 0 Å². The van der Waals surface area contributed by atoms with E-state index < -0.39 is 10.0 Å². The van der Waals surface area contributed by atoms with Gasteiger partial charge in [-0.2, -0.15) is 0 Å². The molecule has 4 atom stereocenters. The lowest BCUT2D eigenvalue weighted by molar-refractivity contribution is 0.280. The van der Waals surface area contributed by atoms with Crippen molar-refractivity contribution in [3.8, 4) is 0 Å². The molecule has 0 aliphatic heterocycles. The number of thiophene rings is 1. The predicted octanol–water partition coefficient (Wildman–Crippen LogP) is 2.62. The Morgan fingerprint density at radius 2 is 2.19 bits per heavy atom. The number of aryl methyl sites for hydroxylation is 1. The molecule has 0 saturated heterocycles. The first kappa shape index (κ1) is 15.5. The van der Waals surface area contributed by atoms with Crippen LogP contribution in [0.3, 0.4) is 0 Å². The quantitative estimate of drug-likeness (QED) is 0.873. The average molecular weight is 329 g/mol. The lowest BCUT2D eigenvalue weighted by atomic mass is 9.84. The summed E-state index contributed by atoms with van der Waals surface area (Å²) >= 11 is 1.47. The molecule has 6 heteroatoms. The maximum atomic E-state index is 12.6. The van der Waals surface area contributed by atoms with Crippen LogP contribution in [0.25, 0.3) is 0 Å². The largest absolute Gasteiger partial charge is 0.326 e. The number of hydrogen-bond acceptors (Lipinski definition) is 4. The Hall–Kier alpha value is -0.430. The smallest absolute Gasteiger partial charge is 0.241 e. The zero-order valence-electron chi connectivity index (χ0n) is 12.6. The molecule has 2 saturated carbocycles. The summed E-state index contributed by atoms with van der Waals surface area (Å²) in [6.07, 6.45) is 5.09. The Labute approximate surface area is 131 Å². The molecule has 1 aromatic heterocycles. The molecule has 4 nitrogen and oxygen atoms in total. The van der Waals surface area contributed by atoms with Crippen molar-refractivity contribution in [2.75, 3.05) is 0 Å².